The van der Waals surface area contributed by atoms with Crippen LogP contribution in [0.15, 0.2) is 18.2 Å². The molecule has 0 saturated carbocycles. The molecular formula is C14H19NO. The van der Waals surface area contributed by atoms with E-state index in [4.69, 9.17) is 5.73 Å². The Labute approximate surface area is 96.8 Å². The van der Waals surface area contributed by atoms with Crippen molar-refractivity contribution < 1.29 is 4.79 Å². The molecule has 2 N–H and O–H groups in total. The first-order valence-electron chi connectivity index (χ1n) is 6.03. The monoisotopic (exact) mass is 217 g/mol. The Morgan fingerprint density at radius 1 is 1.31 bits per heavy atom. The van der Waals surface area contributed by atoms with Gasteiger partial charge in [0.1, 0.15) is 5.78 Å². The van der Waals surface area contributed by atoms with E-state index in [2.05, 4.69) is 18.2 Å². The van der Waals surface area contributed by atoms with E-state index in [0.29, 0.717) is 6.42 Å². The summed E-state index contributed by atoms with van der Waals surface area (Å²) in [6.45, 7) is 1.60. The number of hydrogen-bond acceptors (Lipinski definition) is 2. The van der Waals surface area contributed by atoms with Crippen molar-refractivity contribution in [1.29, 1.82) is 0 Å². The maximum Gasteiger partial charge on any atom is 0.131 e. The summed E-state index contributed by atoms with van der Waals surface area (Å²) < 4.78 is 0. The summed E-state index contributed by atoms with van der Waals surface area (Å²) >= 11 is 0. The molecule has 0 amide bonds. The average Bonchev–Trinajstić information content (AvgIpc) is 2.27. The SMILES string of the molecule is CC(=O)CC(N)c1ccc2c(c1)CCCC2. The predicted octanol–water partition coefficient (Wildman–Crippen LogP) is 2.54. The topological polar surface area (TPSA) is 43.1 Å². The lowest BCUT2D eigenvalue weighted by Gasteiger charge is -2.18. The Bertz CT molecular complexity index is 398. The Morgan fingerprint density at radius 2 is 2.00 bits per heavy atom. The van der Waals surface area contributed by atoms with Gasteiger partial charge in [-0.15, -0.1) is 0 Å². The lowest BCUT2D eigenvalue weighted by molar-refractivity contribution is -0.117. The van der Waals surface area contributed by atoms with E-state index in [1.54, 1.807) is 6.92 Å². The molecule has 1 aromatic rings. The molecule has 1 unspecified atom stereocenters. The van der Waals surface area contributed by atoms with E-state index in [9.17, 15) is 4.79 Å². The molecule has 0 aliphatic heterocycles. The molecule has 1 atom stereocenters. The number of carbonyl (C=O) groups excluding carboxylic acids is 1. The molecule has 0 heterocycles. The number of benzene rings is 1. The third kappa shape index (κ3) is 2.50. The lowest BCUT2D eigenvalue weighted by Crippen LogP contribution is -2.15. The smallest absolute Gasteiger partial charge is 0.131 e. The zero-order valence-electron chi connectivity index (χ0n) is 9.83. The summed E-state index contributed by atoms with van der Waals surface area (Å²) in [5, 5.41) is 0. The van der Waals surface area contributed by atoms with Gasteiger partial charge >= 0.3 is 0 Å². The molecule has 0 saturated heterocycles. The Hall–Kier alpha value is -1.15. The Balaban J connectivity index is 2.19. The number of carbonyl (C=O) groups is 1. The first-order chi connectivity index (χ1) is 7.66. The predicted molar refractivity (Wildman–Crippen MR) is 65.3 cm³/mol. The van der Waals surface area contributed by atoms with Crippen LogP contribution in [0.2, 0.25) is 0 Å². The second-order valence-electron chi connectivity index (χ2n) is 4.75. The van der Waals surface area contributed by atoms with Crippen LogP contribution in [0.5, 0.6) is 0 Å². The summed E-state index contributed by atoms with van der Waals surface area (Å²) in [4.78, 5) is 11.0. The van der Waals surface area contributed by atoms with Gasteiger partial charge in [-0.05, 0) is 49.3 Å². The van der Waals surface area contributed by atoms with Gasteiger partial charge in [-0.2, -0.15) is 0 Å². The van der Waals surface area contributed by atoms with Crippen LogP contribution in [-0.2, 0) is 17.6 Å². The number of rotatable bonds is 3. The van der Waals surface area contributed by atoms with Crippen LogP contribution >= 0.6 is 0 Å². The second-order valence-corrected chi connectivity index (χ2v) is 4.75. The van der Waals surface area contributed by atoms with E-state index in [0.717, 1.165) is 12.0 Å². The van der Waals surface area contributed by atoms with Crippen molar-refractivity contribution in [2.75, 3.05) is 0 Å². The van der Waals surface area contributed by atoms with Crippen LogP contribution in [0, 0.1) is 0 Å². The zero-order chi connectivity index (χ0) is 11.5. The highest BCUT2D eigenvalue weighted by atomic mass is 16.1. The van der Waals surface area contributed by atoms with Gasteiger partial charge in [0, 0.05) is 12.5 Å². The normalized spacial score (nSPS) is 16.6. The molecular weight excluding hydrogens is 198 g/mol. The Kier molecular flexibility index (Phi) is 3.39. The van der Waals surface area contributed by atoms with Crippen LogP contribution in [0.25, 0.3) is 0 Å². The van der Waals surface area contributed by atoms with E-state index >= 15 is 0 Å². The summed E-state index contributed by atoms with van der Waals surface area (Å²) in [6, 6.07) is 6.33. The highest BCUT2D eigenvalue weighted by Crippen LogP contribution is 2.25. The molecule has 2 rings (SSSR count). The third-order valence-electron chi connectivity index (χ3n) is 3.31. The fourth-order valence-corrected chi connectivity index (χ4v) is 2.41. The fraction of sp³-hybridized carbons (Fsp3) is 0.500. The summed E-state index contributed by atoms with van der Waals surface area (Å²) in [7, 11) is 0. The van der Waals surface area contributed by atoms with Crippen LogP contribution in [-0.4, -0.2) is 5.78 Å². The van der Waals surface area contributed by atoms with Crippen LogP contribution in [0.4, 0.5) is 0 Å². The number of ketones is 1. The van der Waals surface area contributed by atoms with Crippen LogP contribution in [0.1, 0.15) is 48.9 Å². The van der Waals surface area contributed by atoms with Crippen molar-refractivity contribution in [2.24, 2.45) is 5.73 Å². The zero-order valence-corrected chi connectivity index (χ0v) is 9.83. The number of hydrogen-bond donors (Lipinski definition) is 1. The van der Waals surface area contributed by atoms with Gasteiger partial charge in [0.15, 0.2) is 0 Å². The average molecular weight is 217 g/mol. The number of nitrogens with two attached hydrogens (primary N) is 1. The molecule has 0 radical (unpaired) electrons. The quantitative estimate of drug-likeness (QED) is 0.845. The van der Waals surface area contributed by atoms with Gasteiger partial charge in [-0.25, -0.2) is 0 Å². The number of aryl methyl sites for hydroxylation is 2. The standard InChI is InChI=1S/C14H19NO/c1-10(16)8-14(15)13-7-6-11-4-2-3-5-12(11)9-13/h6-7,9,14H,2-5,8,15H2,1H3. The second kappa shape index (κ2) is 4.79. The molecule has 86 valence electrons. The van der Waals surface area contributed by atoms with Crippen molar-refractivity contribution >= 4 is 5.78 Å². The minimum Gasteiger partial charge on any atom is -0.324 e. The molecule has 2 heteroatoms. The summed E-state index contributed by atoms with van der Waals surface area (Å²) in [5.41, 5.74) is 10.0. The fourth-order valence-electron chi connectivity index (χ4n) is 2.41. The molecule has 1 aromatic carbocycles. The van der Waals surface area contributed by atoms with Gasteiger partial charge in [-0.3, -0.25) is 4.79 Å². The van der Waals surface area contributed by atoms with Crippen molar-refractivity contribution in [2.45, 2.75) is 45.1 Å². The molecule has 0 bridgehead atoms. The molecule has 1 aliphatic carbocycles. The number of Topliss-reactive ketones (excluding diaryl/α,β-unsaturated/α-hetero) is 1. The largest absolute Gasteiger partial charge is 0.324 e. The molecule has 1 aliphatic rings. The first kappa shape index (κ1) is 11.3. The van der Waals surface area contributed by atoms with Gasteiger partial charge < -0.3 is 5.73 Å². The van der Waals surface area contributed by atoms with E-state index in [-0.39, 0.29) is 11.8 Å². The summed E-state index contributed by atoms with van der Waals surface area (Å²) in [6.07, 6.45) is 5.37. The Morgan fingerprint density at radius 3 is 2.69 bits per heavy atom. The van der Waals surface area contributed by atoms with Crippen molar-refractivity contribution in [3.8, 4) is 0 Å². The number of fused-ring (bicyclic) bond motifs is 1. The van der Waals surface area contributed by atoms with E-state index < -0.39 is 0 Å². The van der Waals surface area contributed by atoms with Crippen LogP contribution < -0.4 is 5.73 Å². The van der Waals surface area contributed by atoms with Gasteiger partial charge in [0.2, 0.25) is 0 Å². The first-order valence-corrected chi connectivity index (χ1v) is 6.03. The summed E-state index contributed by atoms with van der Waals surface area (Å²) in [5.74, 6) is 0.158. The molecule has 0 aromatic heterocycles. The molecule has 0 spiro atoms. The van der Waals surface area contributed by atoms with Crippen molar-refractivity contribution in [3.63, 3.8) is 0 Å². The maximum atomic E-state index is 11.0. The minimum absolute atomic E-state index is 0.135. The lowest BCUT2D eigenvalue weighted by atomic mass is 9.88. The highest BCUT2D eigenvalue weighted by Gasteiger charge is 2.13. The minimum atomic E-state index is -0.135. The van der Waals surface area contributed by atoms with Crippen molar-refractivity contribution in [1.82, 2.24) is 0 Å². The molecule has 0 fully saturated rings. The van der Waals surface area contributed by atoms with Crippen molar-refractivity contribution in [3.05, 3.63) is 34.9 Å². The molecule has 16 heavy (non-hydrogen) atoms. The molecule has 2 nitrogen and oxygen atoms in total. The van der Waals surface area contributed by atoms with Gasteiger partial charge in [0.05, 0.1) is 0 Å². The highest BCUT2D eigenvalue weighted by molar-refractivity contribution is 5.76. The van der Waals surface area contributed by atoms with E-state index in [1.165, 1.54) is 30.4 Å². The third-order valence-corrected chi connectivity index (χ3v) is 3.31. The van der Waals surface area contributed by atoms with E-state index in [1.807, 2.05) is 0 Å². The van der Waals surface area contributed by atoms with Gasteiger partial charge in [0.25, 0.3) is 0 Å². The van der Waals surface area contributed by atoms with Crippen LogP contribution in [0.3, 0.4) is 0 Å². The van der Waals surface area contributed by atoms with Gasteiger partial charge in [-0.1, -0.05) is 18.2 Å². The maximum absolute atomic E-state index is 11.0.